The summed E-state index contributed by atoms with van der Waals surface area (Å²) in [5, 5.41) is 4.13. The number of benzene rings is 1. The predicted octanol–water partition coefficient (Wildman–Crippen LogP) is 2.15. The molecule has 20 heavy (non-hydrogen) atoms. The smallest absolute Gasteiger partial charge is 0.254 e. The highest BCUT2D eigenvalue weighted by molar-refractivity contribution is 5.35. The summed E-state index contributed by atoms with van der Waals surface area (Å²) < 4.78 is 7.55. The monoisotopic (exact) mass is 269 g/mol. The zero-order valence-electron chi connectivity index (χ0n) is 11.3. The second kappa shape index (κ2) is 4.80. The summed E-state index contributed by atoms with van der Waals surface area (Å²) in [5.41, 5.74) is 7.61. The fourth-order valence-electron chi connectivity index (χ4n) is 2.09. The van der Waals surface area contributed by atoms with Gasteiger partial charge in [0.2, 0.25) is 5.95 Å². The van der Waals surface area contributed by atoms with E-state index in [-0.39, 0.29) is 12.1 Å². The summed E-state index contributed by atoms with van der Waals surface area (Å²) in [5.74, 6) is 1.49. The molecule has 6 heteroatoms. The highest BCUT2D eigenvalue weighted by Crippen LogP contribution is 2.22. The average molecular weight is 269 g/mol. The molecule has 0 bridgehead atoms. The zero-order chi connectivity index (χ0) is 14.1. The summed E-state index contributed by atoms with van der Waals surface area (Å²) in [6, 6.07) is 9.76. The maximum Gasteiger partial charge on any atom is 0.254 e. The Kier molecular flexibility index (Phi) is 2.98. The molecule has 0 radical (unpaired) electrons. The molecule has 0 amide bonds. The van der Waals surface area contributed by atoms with Crippen LogP contribution in [0.25, 0.3) is 5.78 Å². The normalized spacial score (nSPS) is 12.5. The summed E-state index contributed by atoms with van der Waals surface area (Å²) >= 11 is 0. The van der Waals surface area contributed by atoms with Crippen molar-refractivity contribution < 1.29 is 4.74 Å². The van der Waals surface area contributed by atoms with Gasteiger partial charge < -0.3 is 10.5 Å². The molecule has 0 aliphatic carbocycles. The Morgan fingerprint density at radius 1 is 1.30 bits per heavy atom. The van der Waals surface area contributed by atoms with Gasteiger partial charge >= 0.3 is 0 Å². The van der Waals surface area contributed by atoms with Gasteiger partial charge in [0.05, 0.1) is 5.69 Å². The number of nitrogens with two attached hydrogens (primary N) is 1. The van der Waals surface area contributed by atoms with Gasteiger partial charge in [-0.2, -0.15) is 9.50 Å². The van der Waals surface area contributed by atoms with Crippen LogP contribution in [0.5, 0.6) is 5.75 Å². The molecule has 2 heterocycles. The lowest BCUT2D eigenvalue weighted by Gasteiger charge is -2.15. The molecular formula is C14H15N5O. The molecule has 0 saturated heterocycles. The molecule has 0 aliphatic heterocycles. The maximum absolute atomic E-state index is 5.94. The Morgan fingerprint density at radius 2 is 2.15 bits per heavy atom. The number of nitrogen functional groups attached to an aromatic ring is 1. The lowest BCUT2D eigenvalue weighted by Crippen LogP contribution is -2.10. The van der Waals surface area contributed by atoms with Crippen LogP contribution in [0.2, 0.25) is 0 Å². The van der Waals surface area contributed by atoms with Gasteiger partial charge in [0.25, 0.3) is 5.78 Å². The largest absolute Gasteiger partial charge is 0.484 e. The first-order chi connectivity index (χ1) is 9.63. The van der Waals surface area contributed by atoms with Crippen molar-refractivity contribution in [3.05, 3.63) is 47.8 Å². The number of ether oxygens (including phenoxy) is 1. The van der Waals surface area contributed by atoms with Crippen molar-refractivity contribution in [1.29, 1.82) is 0 Å². The topological polar surface area (TPSA) is 78.3 Å². The van der Waals surface area contributed by atoms with Crippen molar-refractivity contribution >= 4 is 11.7 Å². The first kappa shape index (κ1) is 12.4. The van der Waals surface area contributed by atoms with Crippen molar-refractivity contribution in [2.75, 3.05) is 5.73 Å². The van der Waals surface area contributed by atoms with E-state index in [4.69, 9.17) is 10.5 Å². The van der Waals surface area contributed by atoms with E-state index in [0.717, 1.165) is 17.0 Å². The molecule has 0 saturated carbocycles. The lowest BCUT2D eigenvalue weighted by atomic mass is 10.2. The van der Waals surface area contributed by atoms with Crippen molar-refractivity contribution in [3.8, 4) is 5.75 Å². The quantitative estimate of drug-likeness (QED) is 0.788. The number of aryl methyl sites for hydroxylation is 1. The molecule has 0 aliphatic rings. The number of aromatic nitrogens is 4. The van der Waals surface area contributed by atoms with Gasteiger partial charge in [0, 0.05) is 6.20 Å². The van der Waals surface area contributed by atoms with Gasteiger partial charge in [-0.25, -0.2) is 4.98 Å². The highest BCUT2D eigenvalue weighted by atomic mass is 16.5. The Balaban J connectivity index is 1.94. The lowest BCUT2D eigenvalue weighted by molar-refractivity contribution is 0.218. The third-order valence-electron chi connectivity index (χ3n) is 3.01. The van der Waals surface area contributed by atoms with Crippen molar-refractivity contribution in [3.63, 3.8) is 0 Å². The van der Waals surface area contributed by atoms with E-state index in [1.54, 1.807) is 10.7 Å². The van der Waals surface area contributed by atoms with Crippen LogP contribution in [-0.2, 0) is 0 Å². The van der Waals surface area contributed by atoms with Gasteiger partial charge in [0.15, 0.2) is 0 Å². The summed E-state index contributed by atoms with van der Waals surface area (Å²) in [6.45, 7) is 3.98. The van der Waals surface area contributed by atoms with Crippen molar-refractivity contribution in [2.24, 2.45) is 0 Å². The van der Waals surface area contributed by atoms with Crippen LogP contribution in [-0.4, -0.2) is 19.6 Å². The van der Waals surface area contributed by atoms with Gasteiger partial charge in [-0.15, -0.1) is 5.10 Å². The van der Waals surface area contributed by atoms with Gasteiger partial charge in [0.1, 0.15) is 11.9 Å². The van der Waals surface area contributed by atoms with Crippen LogP contribution in [0.3, 0.4) is 0 Å². The molecule has 2 N–H and O–H groups in total. The minimum Gasteiger partial charge on any atom is -0.484 e. The number of rotatable bonds is 3. The Morgan fingerprint density at radius 3 is 2.95 bits per heavy atom. The Hall–Kier alpha value is -2.63. The number of anilines is 1. The Labute approximate surface area is 116 Å². The summed E-state index contributed by atoms with van der Waals surface area (Å²) in [6.07, 6.45) is 1.48. The third kappa shape index (κ3) is 2.27. The molecular weight excluding hydrogens is 254 g/mol. The zero-order valence-corrected chi connectivity index (χ0v) is 11.3. The summed E-state index contributed by atoms with van der Waals surface area (Å²) in [7, 11) is 0. The minimum atomic E-state index is -0.191. The number of hydrogen-bond acceptors (Lipinski definition) is 5. The standard InChI is InChI=1S/C14H15N5O/c1-9-4-3-5-11(8-9)20-10(2)12-6-7-16-14-17-13(15)18-19(12)14/h3-8,10H,1-2H3,(H2,15,18)/t10-/m1/s1. The molecule has 6 nitrogen and oxygen atoms in total. The number of nitrogens with zero attached hydrogens (tertiary/aromatic N) is 4. The second-order valence-electron chi connectivity index (χ2n) is 4.63. The van der Waals surface area contributed by atoms with E-state index in [1.165, 1.54) is 0 Å². The van der Waals surface area contributed by atoms with Gasteiger partial charge in [-0.1, -0.05) is 12.1 Å². The molecule has 2 aromatic heterocycles. The minimum absolute atomic E-state index is 0.191. The van der Waals surface area contributed by atoms with Crippen LogP contribution >= 0.6 is 0 Å². The van der Waals surface area contributed by atoms with E-state index in [1.807, 2.05) is 44.2 Å². The number of fused-ring (bicyclic) bond motifs is 1. The molecule has 1 atom stereocenters. The van der Waals surface area contributed by atoms with E-state index in [2.05, 4.69) is 15.1 Å². The van der Waals surface area contributed by atoms with Crippen molar-refractivity contribution in [1.82, 2.24) is 19.6 Å². The average Bonchev–Trinajstić information content (AvgIpc) is 2.78. The first-order valence-corrected chi connectivity index (χ1v) is 6.34. The van der Waals surface area contributed by atoms with Crippen LogP contribution in [0.1, 0.15) is 24.3 Å². The van der Waals surface area contributed by atoms with E-state index < -0.39 is 0 Å². The molecule has 0 spiro atoms. The maximum atomic E-state index is 5.94. The van der Waals surface area contributed by atoms with Crippen LogP contribution in [0, 0.1) is 6.92 Å². The first-order valence-electron chi connectivity index (χ1n) is 6.34. The number of hydrogen-bond donors (Lipinski definition) is 1. The molecule has 102 valence electrons. The third-order valence-corrected chi connectivity index (χ3v) is 3.01. The second-order valence-corrected chi connectivity index (χ2v) is 4.63. The molecule has 0 fully saturated rings. The van der Waals surface area contributed by atoms with E-state index in [9.17, 15) is 0 Å². The fourth-order valence-corrected chi connectivity index (χ4v) is 2.09. The highest BCUT2D eigenvalue weighted by Gasteiger charge is 2.14. The van der Waals surface area contributed by atoms with E-state index in [0.29, 0.717) is 5.78 Å². The molecule has 0 unspecified atom stereocenters. The Bertz CT molecular complexity index is 752. The SMILES string of the molecule is Cc1cccc(O[C@H](C)c2ccnc3nc(N)nn23)c1. The van der Waals surface area contributed by atoms with Gasteiger partial charge in [-0.05, 0) is 37.6 Å². The van der Waals surface area contributed by atoms with E-state index >= 15 is 0 Å². The van der Waals surface area contributed by atoms with Crippen LogP contribution in [0.4, 0.5) is 5.95 Å². The fraction of sp³-hybridized carbons (Fsp3) is 0.214. The molecule has 1 aromatic carbocycles. The molecule has 3 rings (SSSR count). The predicted molar refractivity (Wildman–Crippen MR) is 75.4 cm³/mol. The van der Waals surface area contributed by atoms with Gasteiger partial charge in [-0.3, -0.25) is 0 Å². The summed E-state index contributed by atoms with van der Waals surface area (Å²) in [4.78, 5) is 8.16. The van der Waals surface area contributed by atoms with Crippen molar-refractivity contribution in [2.45, 2.75) is 20.0 Å². The van der Waals surface area contributed by atoms with Crippen LogP contribution < -0.4 is 10.5 Å². The van der Waals surface area contributed by atoms with Crippen LogP contribution in [0.15, 0.2) is 36.5 Å². The molecule has 3 aromatic rings.